The second kappa shape index (κ2) is 17.4. The summed E-state index contributed by atoms with van der Waals surface area (Å²) in [6, 6.07) is 3.26. The van der Waals surface area contributed by atoms with Crippen molar-refractivity contribution in [2.75, 3.05) is 0 Å². The molecule has 0 fully saturated rings. The van der Waals surface area contributed by atoms with Crippen molar-refractivity contribution in [2.45, 2.75) is 123 Å². The van der Waals surface area contributed by atoms with E-state index in [1.807, 2.05) is 0 Å². The topological polar surface area (TPSA) is 0 Å². The predicted octanol–water partition coefficient (Wildman–Crippen LogP) is 17.1. The smallest absolute Gasteiger partial charge is 0.203 e. The van der Waals surface area contributed by atoms with E-state index < -0.39 is 131 Å². The van der Waals surface area contributed by atoms with E-state index in [1.165, 1.54) is 39.3 Å². The zero-order valence-corrected chi connectivity index (χ0v) is 40.1. The summed E-state index contributed by atoms with van der Waals surface area (Å²) >= 11 is 0.528. The van der Waals surface area contributed by atoms with Crippen LogP contribution in [-0.2, 0) is 11.8 Å². The van der Waals surface area contributed by atoms with E-state index in [2.05, 4.69) is 0 Å². The summed E-state index contributed by atoms with van der Waals surface area (Å²) in [4.78, 5) is -4.58. The van der Waals surface area contributed by atoms with Crippen LogP contribution in [-0.4, -0.2) is 88.2 Å². The molecule has 0 aliphatic carbocycles. The van der Waals surface area contributed by atoms with Gasteiger partial charge in [-0.25, -0.2) is 17.6 Å². The summed E-state index contributed by atoms with van der Waals surface area (Å²) in [6.07, 6.45) is -11.9. The maximum atomic E-state index is 15.8. The fourth-order valence-corrected chi connectivity index (χ4v) is 14.2. The van der Waals surface area contributed by atoms with Gasteiger partial charge >= 0.3 is 83.9 Å². The minimum Gasteiger partial charge on any atom is -0.203 e. The molecule has 70 heavy (non-hydrogen) atoms. The molecule has 0 aliphatic rings. The maximum absolute atomic E-state index is 15.8. The largest absolute Gasteiger partial charge is 0.385 e. The van der Waals surface area contributed by atoms with Crippen LogP contribution in [0.3, 0.4) is 0 Å². The monoisotopic (exact) mass is 1170 g/mol. The molecule has 0 bridgehead atoms. The van der Waals surface area contributed by atoms with Crippen LogP contribution in [0.2, 0.25) is 39.3 Å². The van der Waals surface area contributed by atoms with Crippen molar-refractivity contribution < 1.29 is 123 Å². The number of thiophene rings is 4. The summed E-state index contributed by atoms with van der Waals surface area (Å²) in [5.74, 6) is -93.7. The van der Waals surface area contributed by atoms with E-state index in [0.717, 1.165) is 12.1 Å². The van der Waals surface area contributed by atoms with E-state index in [9.17, 15) is 87.8 Å². The van der Waals surface area contributed by atoms with Crippen molar-refractivity contribution in [3.05, 3.63) is 47.5 Å². The third-order valence-corrected chi connectivity index (χ3v) is 22.2. The molecule has 4 aromatic rings. The molecule has 0 aliphatic heterocycles. The summed E-state index contributed by atoms with van der Waals surface area (Å²) in [6.45, 7) is 7.86. The predicted molar refractivity (Wildman–Crippen MR) is 209 cm³/mol. The third kappa shape index (κ3) is 8.58. The molecule has 0 spiro atoms. The van der Waals surface area contributed by atoms with Crippen LogP contribution in [0.15, 0.2) is 36.4 Å². The molecule has 0 saturated heterocycles. The Bertz CT molecular complexity index is 2360. The summed E-state index contributed by atoms with van der Waals surface area (Å²) in [7, 11) is -6.28. The van der Waals surface area contributed by atoms with Gasteiger partial charge in [0.25, 0.3) is 0 Å². The highest BCUT2D eigenvalue weighted by molar-refractivity contribution is 7.33. The third-order valence-electron chi connectivity index (χ3n) is 10.1. The number of halogens is 28. The lowest BCUT2D eigenvalue weighted by molar-refractivity contribution is -0.434. The molecule has 0 unspecified atom stereocenters. The van der Waals surface area contributed by atoms with Crippen LogP contribution in [0.25, 0.3) is 29.3 Å². The average molecular weight is 1170 g/mol. The molecule has 0 saturated carbocycles. The average Bonchev–Trinajstić information content (AvgIpc) is 4.01. The molecular weight excluding hydrogens is 1150 g/mol. The lowest BCUT2D eigenvalue weighted by Crippen LogP contribution is -2.71. The van der Waals surface area contributed by atoms with Crippen LogP contribution in [0.1, 0.15) is 11.1 Å². The Labute approximate surface area is 392 Å². The van der Waals surface area contributed by atoms with E-state index in [0.29, 0.717) is 12.1 Å². The molecule has 0 radical (unpaired) electrons. The Hall–Kier alpha value is -2.73. The quantitative estimate of drug-likeness (QED) is 0.0648. The van der Waals surface area contributed by atoms with Gasteiger partial charge in [0.15, 0.2) is 0 Å². The zero-order chi connectivity index (χ0) is 55.0. The lowest BCUT2D eigenvalue weighted by Gasteiger charge is -2.41. The van der Waals surface area contributed by atoms with Crippen LogP contribution >= 0.6 is 45.3 Å². The van der Waals surface area contributed by atoms with Gasteiger partial charge in [0.05, 0.1) is 25.9 Å². The lowest BCUT2D eigenvalue weighted by atomic mass is 9.89. The van der Waals surface area contributed by atoms with Crippen LogP contribution in [0.4, 0.5) is 123 Å². The number of alkyl halides is 28. The molecule has 4 rings (SSSR count). The molecule has 398 valence electrons. The Kier molecular flexibility index (Phi) is 14.9. The first-order chi connectivity index (χ1) is 30.7. The highest BCUT2D eigenvalue weighted by Crippen LogP contribution is 2.66. The standard InChI is InChI=1S/C36H26F28S4Si2/c1-69(2,3)19-11-13(25(41,42)29(49,50)33(57,58)35(61,62)31(53,54)27(45,46)23(37)38)21(67-19)17-9-7-15(65-17)16-8-10-18(66-16)22-14(12-20(68-22)70(4,5)6)26(43,44)30(51,52)34(59,60)36(63,64)32(55,56)28(47,48)24(39)40/h7-12,23-24H,1-6H3. The molecule has 0 aromatic carbocycles. The van der Waals surface area contributed by atoms with Gasteiger partial charge in [0.2, 0.25) is 0 Å². The Morgan fingerprint density at radius 3 is 0.786 bits per heavy atom. The van der Waals surface area contributed by atoms with Gasteiger partial charge in [-0.05, 0) is 45.4 Å². The number of rotatable bonds is 19. The molecule has 0 N–H and O–H groups in total. The highest BCUT2D eigenvalue weighted by atomic mass is 32.1. The Morgan fingerprint density at radius 2 is 0.557 bits per heavy atom. The van der Waals surface area contributed by atoms with Crippen molar-refractivity contribution in [2.24, 2.45) is 0 Å². The van der Waals surface area contributed by atoms with Gasteiger partial charge < -0.3 is 0 Å². The van der Waals surface area contributed by atoms with Gasteiger partial charge in [0, 0.05) is 30.6 Å². The molecule has 4 aromatic heterocycles. The van der Waals surface area contributed by atoms with E-state index in [-0.39, 0.29) is 76.2 Å². The first-order valence-corrected chi connectivity index (χ1v) is 28.6. The van der Waals surface area contributed by atoms with Crippen LogP contribution in [0.5, 0.6) is 0 Å². The Morgan fingerprint density at radius 1 is 0.329 bits per heavy atom. The second-order valence-electron chi connectivity index (χ2n) is 17.1. The minimum absolute atomic E-state index is 0.0676. The number of hydrogen-bond acceptors (Lipinski definition) is 4. The second-order valence-corrected chi connectivity index (χ2v) is 32.2. The van der Waals surface area contributed by atoms with Crippen molar-refractivity contribution in [3.63, 3.8) is 0 Å². The Balaban J connectivity index is 1.89. The molecule has 0 amide bonds. The normalized spacial score (nSPS) is 15.5. The van der Waals surface area contributed by atoms with Gasteiger partial charge in [-0.15, -0.1) is 45.3 Å². The van der Waals surface area contributed by atoms with Gasteiger partial charge in [-0.3, -0.25) is 0 Å². The molecule has 34 heteroatoms. The summed E-state index contributed by atoms with van der Waals surface area (Å²) in [5.41, 5.74) is -4.66. The molecule has 4 heterocycles. The maximum Gasteiger partial charge on any atom is 0.385 e. The first kappa shape index (κ1) is 59.8. The van der Waals surface area contributed by atoms with Crippen molar-refractivity contribution >= 4 is 70.5 Å². The molecule has 0 nitrogen and oxygen atoms in total. The highest BCUT2D eigenvalue weighted by Gasteiger charge is 2.93. The zero-order valence-electron chi connectivity index (χ0n) is 34.8. The van der Waals surface area contributed by atoms with E-state index in [1.54, 1.807) is 0 Å². The van der Waals surface area contributed by atoms with Gasteiger partial charge in [-0.2, -0.15) is 105 Å². The minimum atomic E-state index is -8.34. The van der Waals surface area contributed by atoms with Crippen LogP contribution in [0, 0.1) is 0 Å². The molecule has 0 atom stereocenters. The van der Waals surface area contributed by atoms with Crippen molar-refractivity contribution in [1.29, 1.82) is 0 Å². The van der Waals surface area contributed by atoms with Crippen LogP contribution < -0.4 is 9.00 Å². The summed E-state index contributed by atoms with van der Waals surface area (Å²) in [5, 5.41) is 0. The fourth-order valence-electron chi connectivity index (χ4n) is 5.75. The summed E-state index contributed by atoms with van der Waals surface area (Å²) < 4.78 is 400. The van der Waals surface area contributed by atoms with E-state index >= 15 is 35.1 Å². The first-order valence-electron chi connectivity index (χ1n) is 18.3. The van der Waals surface area contributed by atoms with E-state index in [4.69, 9.17) is 0 Å². The number of hydrogen-bond donors (Lipinski definition) is 0. The van der Waals surface area contributed by atoms with Crippen molar-refractivity contribution in [1.82, 2.24) is 0 Å². The fraction of sp³-hybridized carbons (Fsp3) is 0.556. The van der Waals surface area contributed by atoms with Gasteiger partial charge in [0.1, 0.15) is 0 Å². The van der Waals surface area contributed by atoms with Crippen molar-refractivity contribution in [3.8, 4) is 29.3 Å². The molecular formula is C36H26F28S4Si2. The SMILES string of the molecule is C[Si](C)(C)c1cc(C(F)(F)C(F)(F)C(F)(F)C(F)(F)C(F)(F)C(F)(F)C(F)F)c(-c2ccc(-c3ccc(-c4sc([Si](C)(C)C)cc4C(F)(F)C(F)(F)C(F)(F)C(F)(F)C(F)(F)C(F)(F)C(F)F)s3)s2)s1. The van der Waals surface area contributed by atoms with Gasteiger partial charge in [-0.1, -0.05) is 39.3 Å².